The van der Waals surface area contributed by atoms with Gasteiger partial charge in [-0.3, -0.25) is 0 Å². The Hall–Kier alpha value is 0.487. The first-order valence-electron chi connectivity index (χ1n) is 4.63. The van der Waals surface area contributed by atoms with E-state index in [4.69, 9.17) is 8.85 Å². The molecule has 0 aliphatic carbocycles. The molecule has 0 fully saturated rings. The van der Waals surface area contributed by atoms with Crippen LogP contribution in [0.5, 0.6) is 0 Å². The van der Waals surface area contributed by atoms with Gasteiger partial charge in [-0.15, -0.1) is 0 Å². The predicted octanol–water partition coefficient (Wildman–Crippen LogP) is 2.45. The molecule has 2 nitrogen and oxygen atoms in total. The highest BCUT2D eigenvalue weighted by atomic mass is 32.1. The molecule has 74 valence electrons. The smallest absolute Gasteiger partial charge is 0.338 e. The lowest BCUT2D eigenvalue weighted by molar-refractivity contribution is 0.185. The van der Waals surface area contributed by atoms with Crippen molar-refractivity contribution >= 4 is 21.2 Å². The van der Waals surface area contributed by atoms with Crippen LogP contribution >= 0.6 is 12.6 Å². The van der Waals surface area contributed by atoms with Crippen molar-refractivity contribution < 1.29 is 8.85 Å². The third kappa shape index (κ3) is 3.94. The normalized spacial score (nSPS) is 12.0. The topological polar surface area (TPSA) is 18.5 Å². The van der Waals surface area contributed by atoms with Crippen LogP contribution in [0.25, 0.3) is 0 Å². The maximum Gasteiger partial charge on any atom is 0.338 e. The molecule has 0 radical (unpaired) electrons. The minimum absolute atomic E-state index is 0.758. The summed E-state index contributed by atoms with van der Waals surface area (Å²) in [7, 11) is -1.85. The molecule has 0 aromatic rings. The first-order valence-corrected chi connectivity index (χ1v) is 7.49. The Morgan fingerprint density at radius 1 is 1.08 bits per heavy atom. The van der Waals surface area contributed by atoms with Crippen LogP contribution in [-0.4, -0.2) is 27.5 Å². The van der Waals surface area contributed by atoms with E-state index in [-0.39, 0.29) is 0 Å². The van der Waals surface area contributed by atoms with Gasteiger partial charge in [0.2, 0.25) is 0 Å². The largest absolute Gasteiger partial charge is 0.394 e. The summed E-state index contributed by atoms with van der Waals surface area (Å²) in [6, 6.07) is 2.02. The summed E-state index contributed by atoms with van der Waals surface area (Å²) >= 11 is 4.23. The Balaban J connectivity index is 4.06. The van der Waals surface area contributed by atoms with Gasteiger partial charge in [-0.05, 0) is 31.7 Å². The zero-order valence-corrected chi connectivity index (χ0v) is 10.2. The Kier molecular flexibility index (Phi) is 7.23. The van der Waals surface area contributed by atoms with Gasteiger partial charge < -0.3 is 8.85 Å². The highest BCUT2D eigenvalue weighted by molar-refractivity contribution is 7.80. The van der Waals surface area contributed by atoms with E-state index < -0.39 is 8.56 Å². The van der Waals surface area contributed by atoms with Gasteiger partial charge in [0, 0.05) is 13.2 Å². The summed E-state index contributed by atoms with van der Waals surface area (Å²) in [5.41, 5.74) is 0. The number of hydrogen-bond acceptors (Lipinski definition) is 3. The first kappa shape index (κ1) is 12.5. The van der Waals surface area contributed by atoms with Gasteiger partial charge in [0.25, 0.3) is 0 Å². The molecule has 0 aliphatic rings. The standard InChI is InChI=1S/C8H20O2SSi/c1-4-9-12(6-3,8-7-11)10-5-2/h11H,4-8H2,1-3H3. The van der Waals surface area contributed by atoms with Crippen LogP contribution in [0.3, 0.4) is 0 Å². The molecule has 0 bridgehead atoms. The van der Waals surface area contributed by atoms with Crippen molar-refractivity contribution in [3.63, 3.8) is 0 Å². The molecule has 4 heteroatoms. The molecule has 0 saturated heterocycles. The third-order valence-corrected chi connectivity index (χ3v) is 6.21. The molecule has 0 rings (SSSR count). The van der Waals surface area contributed by atoms with E-state index in [1.165, 1.54) is 0 Å². The van der Waals surface area contributed by atoms with E-state index in [9.17, 15) is 0 Å². The van der Waals surface area contributed by atoms with E-state index in [0.717, 1.165) is 31.1 Å². The molecule has 0 aliphatic heterocycles. The molecule has 0 spiro atoms. The highest BCUT2D eigenvalue weighted by Crippen LogP contribution is 2.19. The fraction of sp³-hybridized carbons (Fsp3) is 1.00. The Labute approximate surface area is 82.3 Å². The van der Waals surface area contributed by atoms with Crippen LogP contribution in [0.2, 0.25) is 12.1 Å². The molecule has 0 aromatic carbocycles. The lowest BCUT2D eigenvalue weighted by Crippen LogP contribution is -2.41. The molecule has 0 saturated carbocycles. The van der Waals surface area contributed by atoms with Crippen LogP contribution in [0.15, 0.2) is 0 Å². The summed E-state index contributed by atoms with van der Waals surface area (Å²) in [6.45, 7) is 7.70. The quantitative estimate of drug-likeness (QED) is 0.512. The van der Waals surface area contributed by atoms with Gasteiger partial charge >= 0.3 is 8.56 Å². The fourth-order valence-corrected chi connectivity index (χ4v) is 4.81. The van der Waals surface area contributed by atoms with Crippen molar-refractivity contribution in [1.29, 1.82) is 0 Å². The molecule has 0 aromatic heterocycles. The second-order valence-electron chi connectivity index (χ2n) is 2.60. The average molecular weight is 208 g/mol. The number of hydrogen-bond donors (Lipinski definition) is 1. The summed E-state index contributed by atoms with van der Waals surface area (Å²) in [5, 5.41) is 0. The summed E-state index contributed by atoms with van der Waals surface area (Å²) in [5.74, 6) is 0.861. The summed E-state index contributed by atoms with van der Waals surface area (Å²) in [6.07, 6.45) is 0. The predicted molar refractivity (Wildman–Crippen MR) is 58.1 cm³/mol. The molecular weight excluding hydrogens is 188 g/mol. The van der Waals surface area contributed by atoms with E-state index >= 15 is 0 Å². The molecule has 0 atom stereocenters. The van der Waals surface area contributed by atoms with Gasteiger partial charge in [-0.2, -0.15) is 12.6 Å². The van der Waals surface area contributed by atoms with Gasteiger partial charge in [-0.25, -0.2) is 0 Å². The lowest BCUT2D eigenvalue weighted by Gasteiger charge is -2.28. The zero-order valence-electron chi connectivity index (χ0n) is 8.30. The number of rotatable bonds is 7. The van der Waals surface area contributed by atoms with Crippen molar-refractivity contribution in [2.24, 2.45) is 0 Å². The van der Waals surface area contributed by atoms with Crippen molar-refractivity contribution in [2.75, 3.05) is 19.0 Å². The second-order valence-corrected chi connectivity index (χ2v) is 6.66. The molecule has 0 amide bonds. The Morgan fingerprint density at radius 3 is 1.83 bits per heavy atom. The monoisotopic (exact) mass is 208 g/mol. The van der Waals surface area contributed by atoms with E-state index in [1.807, 2.05) is 13.8 Å². The van der Waals surface area contributed by atoms with Crippen LogP contribution in [-0.2, 0) is 8.85 Å². The molecule has 0 heterocycles. The maximum absolute atomic E-state index is 5.73. The molecule has 0 N–H and O–H groups in total. The van der Waals surface area contributed by atoms with Crippen molar-refractivity contribution in [3.05, 3.63) is 0 Å². The van der Waals surface area contributed by atoms with Crippen LogP contribution in [0.1, 0.15) is 20.8 Å². The summed E-state index contributed by atoms with van der Waals surface area (Å²) in [4.78, 5) is 0. The number of thiol groups is 1. The highest BCUT2D eigenvalue weighted by Gasteiger charge is 2.33. The van der Waals surface area contributed by atoms with Crippen LogP contribution in [0.4, 0.5) is 0 Å². The van der Waals surface area contributed by atoms with Gasteiger partial charge in [-0.1, -0.05) is 6.92 Å². The first-order chi connectivity index (χ1) is 5.74. The lowest BCUT2D eigenvalue weighted by atomic mass is 10.9. The second kappa shape index (κ2) is 6.94. The van der Waals surface area contributed by atoms with Crippen LogP contribution < -0.4 is 0 Å². The van der Waals surface area contributed by atoms with Gasteiger partial charge in [0.05, 0.1) is 0 Å². The third-order valence-electron chi connectivity index (χ3n) is 1.85. The van der Waals surface area contributed by atoms with Crippen LogP contribution in [0, 0.1) is 0 Å². The fourth-order valence-electron chi connectivity index (χ4n) is 1.26. The SMILES string of the molecule is CCO[Si](CC)(CCS)OCC. The minimum Gasteiger partial charge on any atom is -0.394 e. The Bertz CT molecular complexity index is 94.2. The van der Waals surface area contributed by atoms with E-state index in [0.29, 0.717) is 0 Å². The van der Waals surface area contributed by atoms with E-state index in [2.05, 4.69) is 19.6 Å². The summed E-state index contributed by atoms with van der Waals surface area (Å²) < 4.78 is 11.5. The van der Waals surface area contributed by atoms with Gasteiger partial charge in [0.15, 0.2) is 0 Å². The van der Waals surface area contributed by atoms with Crippen molar-refractivity contribution in [3.8, 4) is 0 Å². The van der Waals surface area contributed by atoms with Crippen molar-refractivity contribution in [2.45, 2.75) is 32.9 Å². The zero-order chi connectivity index (χ0) is 9.45. The average Bonchev–Trinajstić information content (AvgIpc) is 2.06. The van der Waals surface area contributed by atoms with E-state index in [1.54, 1.807) is 0 Å². The molecule has 0 unspecified atom stereocenters. The molecule has 12 heavy (non-hydrogen) atoms. The van der Waals surface area contributed by atoms with Gasteiger partial charge in [0.1, 0.15) is 0 Å². The van der Waals surface area contributed by atoms with Crippen molar-refractivity contribution in [1.82, 2.24) is 0 Å². The molecular formula is C8H20O2SSi. The maximum atomic E-state index is 5.73. The minimum atomic E-state index is -1.85. The Morgan fingerprint density at radius 2 is 1.58 bits per heavy atom.